The maximum Gasteiger partial charge on any atom is 0.254 e. The Balaban J connectivity index is 2.11. The Hall–Kier alpha value is -0.630. The quantitative estimate of drug-likeness (QED) is 0.812. The van der Waals surface area contributed by atoms with Crippen molar-refractivity contribution < 1.29 is 9.59 Å². The van der Waals surface area contributed by atoms with Gasteiger partial charge in [-0.25, -0.2) is 0 Å². The number of primary amides is 1. The van der Waals surface area contributed by atoms with Crippen molar-refractivity contribution in [2.24, 2.45) is 11.1 Å². The van der Waals surface area contributed by atoms with Crippen LogP contribution in [0.15, 0.2) is 11.4 Å². The van der Waals surface area contributed by atoms with Crippen LogP contribution in [-0.4, -0.2) is 29.8 Å². The summed E-state index contributed by atoms with van der Waals surface area (Å²) in [6.45, 7) is 2.85. The second-order valence-electron chi connectivity index (χ2n) is 4.54. The van der Waals surface area contributed by atoms with Crippen molar-refractivity contribution in [2.75, 3.05) is 13.1 Å². The van der Waals surface area contributed by atoms with E-state index < -0.39 is 5.41 Å². The molecule has 0 aromatic carbocycles. The molecule has 1 fully saturated rings. The molecule has 1 aromatic heterocycles. The molecule has 0 spiro atoms. The lowest BCUT2D eigenvalue weighted by Crippen LogP contribution is -2.38. The molecular weight excluding hydrogens is 351 g/mol. The summed E-state index contributed by atoms with van der Waals surface area (Å²) in [5, 5.41) is 1.85. The summed E-state index contributed by atoms with van der Waals surface area (Å²) in [6.07, 6.45) is 0.648. The van der Waals surface area contributed by atoms with Crippen LogP contribution in [-0.2, 0) is 4.79 Å². The van der Waals surface area contributed by atoms with E-state index in [1.165, 1.54) is 0 Å². The molecule has 2 heterocycles. The van der Waals surface area contributed by atoms with Gasteiger partial charge in [0.15, 0.2) is 0 Å². The minimum absolute atomic E-state index is 0.00542. The summed E-state index contributed by atoms with van der Waals surface area (Å²) in [5.41, 5.74) is 5.49. The van der Waals surface area contributed by atoms with E-state index in [4.69, 9.17) is 5.73 Å². The van der Waals surface area contributed by atoms with Gasteiger partial charge in [0, 0.05) is 18.5 Å². The van der Waals surface area contributed by atoms with Crippen molar-refractivity contribution in [2.45, 2.75) is 13.3 Å². The molecule has 1 aliphatic rings. The fourth-order valence-electron chi connectivity index (χ4n) is 1.94. The second-order valence-corrected chi connectivity index (χ2v) is 7.35. The van der Waals surface area contributed by atoms with Gasteiger partial charge in [0.25, 0.3) is 5.91 Å². The van der Waals surface area contributed by atoms with Gasteiger partial charge in [-0.2, -0.15) is 0 Å². The molecule has 0 radical (unpaired) electrons. The van der Waals surface area contributed by atoms with E-state index in [-0.39, 0.29) is 11.8 Å². The van der Waals surface area contributed by atoms with Gasteiger partial charge in [0.2, 0.25) is 5.91 Å². The maximum atomic E-state index is 12.1. The van der Waals surface area contributed by atoms with E-state index in [1.807, 2.05) is 18.4 Å². The molecule has 2 N–H and O–H groups in total. The first kappa shape index (κ1) is 12.8. The molecule has 0 bridgehead atoms. The topological polar surface area (TPSA) is 63.4 Å². The second kappa shape index (κ2) is 4.56. The number of carbonyl (C=O) groups is 2. The molecule has 1 saturated heterocycles. The van der Waals surface area contributed by atoms with Crippen molar-refractivity contribution >= 4 is 45.7 Å². The van der Waals surface area contributed by atoms with Crippen LogP contribution in [0.5, 0.6) is 0 Å². The summed E-state index contributed by atoms with van der Waals surface area (Å²) >= 11 is 3.73. The molecule has 0 aliphatic carbocycles. The van der Waals surface area contributed by atoms with E-state index in [2.05, 4.69) is 22.6 Å². The molecule has 17 heavy (non-hydrogen) atoms. The Bertz CT molecular complexity index is 474. The average molecular weight is 364 g/mol. The van der Waals surface area contributed by atoms with Crippen LogP contribution in [0.1, 0.15) is 23.7 Å². The number of hydrogen-bond donors (Lipinski definition) is 1. The largest absolute Gasteiger partial charge is 0.369 e. The van der Waals surface area contributed by atoms with Crippen molar-refractivity contribution in [3.8, 4) is 0 Å². The normalized spacial score (nSPS) is 24.0. The van der Waals surface area contributed by atoms with E-state index in [9.17, 15) is 9.59 Å². The standard InChI is InChI=1S/C11H13IN2O2S/c1-11(10(13)16)2-3-14(6-11)9(15)7-4-8(12)17-5-7/h4-5H,2-3,6H2,1H3,(H2,13,16). The number of thiophene rings is 1. The number of rotatable bonds is 2. The zero-order chi connectivity index (χ0) is 12.6. The van der Waals surface area contributed by atoms with E-state index in [1.54, 1.807) is 16.2 Å². The third kappa shape index (κ3) is 2.47. The molecule has 4 nitrogen and oxygen atoms in total. The third-order valence-electron chi connectivity index (χ3n) is 3.17. The number of nitrogens with zero attached hydrogens (tertiary/aromatic N) is 1. The lowest BCUT2D eigenvalue weighted by Gasteiger charge is -2.20. The molecule has 1 atom stereocenters. The van der Waals surface area contributed by atoms with Crippen LogP contribution >= 0.6 is 33.9 Å². The molecule has 92 valence electrons. The highest BCUT2D eigenvalue weighted by Crippen LogP contribution is 2.31. The van der Waals surface area contributed by atoms with Crippen LogP contribution in [0, 0.1) is 8.30 Å². The summed E-state index contributed by atoms with van der Waals surface area (Å²) in [4.78, 5) is 25.2. The maximum absolute atomic E-state index is 12.1. The molecule has 6 heteroatoms. The van der Waals surface area contributed by atoms with Gasteiger partial charge in [0.05, 0.1) is 13.9 Å². The fraction of sp³-hybridized carbons (Fsp3) is 0.455. The highest BCUT2D eigenvalue weighted by molar-refractivity contribution is 14.1. The third-order valence-corrected chi connectivity index (χ3v) is 4.96. The van der Waals surface area contributed by atoms with Crippen molar-refractivity contribution in [1.82, 2.24) is 4.90 Å². The average Bonchev–Trinajstić information content (AvgIpc) is 2.85. The van der Waals surface area contributed by atoms with Gasteiger partial charge in [-0.15, -0.1) is 11.3 Å². The number of carbonyl (C=O) groups excluding carboxylic acids is 2. The SMILES string of the molecule is CC1(C(N)=O)CCN(C(=O)c2csc(I)c2)C1. The minimum Gasteiger partial charge on any atom is -0.369 e. The molecule has 2 amide bonds. The zero-order valence-corrected chi connectivity index (χ0v) is 12.4. The van der Waals surface area contributed by atoms with E-state index >= 15 is 0 Å². The Labute approximate surface area is 117 Å². The summed E-state index contributed by atoms with van der Waals surface area (Å²) in [5.74, 6) is -0.332. The highest BCUT2D eigenvalue weighted by Gasteiger charge is 2.40. The number of hydrogen-bond acceptors (Lipinski definition) is 3. The molecule has 1 aromatic rings. The number of likely N-dealkylation sites (tertiary alicyclic amines) is 1. The highest BCUT2D eigenvalue weighted by atomic mass is 127. The predicted octanol–water partition coefficient (Wildman–Crippen LogP) is 1.69. The van der Waals surface area contributed by atoms with Gasteiger partial charge in [-0.05, 0) is 42.0 Å². The summed E-state index contributed by atoms with van der Waals surface area (Å²) in [6, 6.07) is 1.87. The monoisotopic (exact) mass is 364 g/mol. The Morgan fingerprint density at radius 2 is 2.29 bits per heavy atom. The molecular formula is C11H13IN2O2S. The van der Waals surface area contributed by atoms with Crippen LogP contribution in [0.25, 0.3) is 0 Å². The van der Waals surface area contributed by atoms with Gasteiger partial charge < -0.3 is 10.6 Å². The van der Waals surface area contributed by atoms with Gasteiger partial charge in [0.1, 0.15) is 0 Å². The summed E-state index contributed by atoms with van der Waals surface area (Å²) < 4.78 is 1.09. The van der Waals surface area contributed by atoms with Crippen LogP contribution in [0.2, 0.25) is 0 Å². The Kier molecular flexibility index (Phi) is 3.44. The Morgan fingerprint density at radius 1 is 1.59 bits per heavy atom. The first-order valence-electron chi connectivity index (χ1n) is 5.25. The fourth-order valence-corrected chi connectivity index (χ4v) is 3.26. The lowest BCUT2D eigenvalue weighted by atomic mass is 9.89. The number of nitrogens with two attached hydrogens (primary N) is 1. The summed E-state index contributed by atoms with van der Waals surface area (Å²) in [7, 11) is 0. The molecule has 1 unspecified atom stereocenters. The Morgan fingerprint density at radius 3 is 2.76 bits per heavy atom. The zero-order valence-electron chi connectivity index (χ0n) is 9.40. The lowest BCUT2D eigenvalue weighted by molar-refractivity contribution is -0.126. The molecule has 0 saturated carbocycles. The van der Waals surface area contributed by atoms with Crippen LogP contribution in [0.3, 0.4) is 0 Å². The number of amides is 2. The minimum atomic E-state index is -0.571. The van der Waals surface area contributed by atoms with Crippen molar-refractivity contribution in [3.05, 3.63) is 19.9 Å². The van der Waals surface area contributed by atoms with Gasteiger partial charge >= 0.3 is 0 Å². The van der Waals surface area contributed by atoms with Crippen LogP contribution < -0.4 is 5.73 Å². The first-order chi connectivity index (χ1) is 7.92. The molecule has 1 aliphatic heterocycles. The van der Waals surface area contributed by atoms with E-state index in [0.29, 0.717) is 25.1 Å². The molecule has 2 rings (SSSR count). The first-order valence-corrected chi connectivity index (χ1v) is 7.21. The number of halogens is 1. The smallest absolute Gasteiger partial charge is 0.254 e. The van der Waals surface area contributed by atoms with Crippen molar-refractivity contribution in [3.63, 3.8) is 0 Å². The predicted molar refractivity (Wildman–Crippen MR) is 74.9 cm³/mol. The van der Waals surface area contributed by atoms with Gasteiger partial charge in [-0.3, -0.25) is 9.59 Å². The van der Waals surface area contributed by atoms with E-state index in [0.717, 1.165) is 2.88 Å². The van der Waals surface area contributed by atoms with Crippen molar-refractivity contribution in [1.29, 1.82) is 0 Å². The van der Waals surface area contributed by atoms with Crippen LogP contribution in [0.4, 0.5) is 0 Å². The van der Waals surface area contributed by atoms with Gasteiger partial charge in [-0.1, -0.05) is 0 Å².